The van der Waals surface area contributed by atoms with Gasteiger partial charge in [0.05, 0.1) is 34.5 Å². The summed E-state index contributed by atoms with van der Waals surface area (Å²) < 4.78 is 35.0. The zero-order valence-electron chi connectivity index (χ0n) is 23.9. The second kappa shape index (κ2) is 13.2. The Labute approximate surface area is 260 Å². The standard InChI is InChI=1S/C32H34Cl2FN5O3/c1-20(32-25(33)17-37-18-26(32)34)43-23-6-8-30-24(16-23)29(38-40(30)31-4-2-3-11-42-31)7-5-21-15-28(36)22(14-27(21)35)19-39-9-12-41-13-10-39/h5-8,14-18,20,31H,2-4,9-13,19,36H2,1H3/b7-5+. The lowest BCUT2D eigenvalue weighted by Gasteiger charge is -2.27. The van der Waals surface area contributed by atoms with E-state index in [9.17, 15) is 0 Å². The number of nitrogens with zero attached hydrogens (tertiary/aromatic N) is 4. The third-order valence-corrected chi connectivity index (χ3v) is 8.52. The molecule has 2 saturated heterocycles. The van der Waals surface area contributed by atoms with E-state index < -0.39 is 6.10 Å². The first-order valence-corrected chi connectivity index (χ1v) is 15.3. The summed E-state index contributed by atoms with van der Waals surface area (Å²) in [7, 11) is 0. The highest BCUT2D eigenvalue weighted by molar-refractivity contribution is 6.35. The molecule has 0 saturated carbocycles. The van der Waals surface area contributed by atoms with Gasteiger partial charge in [-0.15, -0.1) is 0 Å². The van der Waals surface area contributed by atoms with E-state index in [0.717, 1.165) is 48.8 Å². The Balaban J connectivity index is 1.31. The third kappa shape index (κ3) is 6.66. The van der Waals surface area contributed by atoms with E-state index in [-0.39, 0.29) is 12.0 Å². The van der Waals surface area contributed by atoms with Gasteiger partial charge in [-0.3, -0.25) is 9.88 Å². The number of anilines is 1. The number of halogens is 3. The van der Waals surface area contributed by atoms with Crippen molar-refractivity contribution in [2.75, 3.05) is 38.6 Å². The summed E-state index contributed by atoms with van der Waals surface area (Å²) in [6.07, 6.45) is 8.97. The minimum atomic E-state index is -0.427. The maximum atomic E-state index is 15.3. The van der Waals surface area contributed by atoms with Gasteiger partial charge in [0.15, 0.2) is 6.23 Å². The maximum absolute atomic E-state index is 15.3. The first-order valence-electron chi connectivity index (χ1n) is 14.5. The highest BCUT2D eigenvalue weighted by Gasteiger charge is 2.22. The average Bonchev–Trinajstić information content (AvgIpc) is 3.37. The summed E-state index contributed by atoms with van der Waals surface area (Å²) in [6, 6.07) is 9.00. The maximum Gasteiger partial charge on any atom is 0.150 e. The topological polar surface area (TPSA) is 87.7 Å². The molecule has 4 aromatic rings. The first kappa shape index (κ1) is 29.8. The van der Waals surface area contributed by atoms with Crippen LogP contribution in [-0.4, -0.2) is 52.6 Å². The van der Waals surface area contributed by atoms with Gasteiger partial charge in [-0.1, -0.05) is 23.2 Å². The second-order valence-electron chi connectivity index (χ2n) is 10.9. The van der Waals surface area contributed by atoms with Crippen LogP contribution in [0.4, 0.5) is 10.1 Å². The van der Waals surface area contributed by atoms with Gasteiger partial charge in [0, 0.05) is 60.8 Å². The quantitative estimate of drug-likeness (QED) is 0.205. The molecule has 4 heterocycles. The number of nitrogens with two attached hydrogens (primary N) is 1. The lowest BCUT2D eigenvalue weighted by atomic mass is 10.1. The van der Waals surface area contributed by atoms with Crippen LogP contribution in [0.15, 0.2) is 42.7 Å². The normalized spacial score (nSPS) is 18.8. The molecular weight excluding hydrogens is 592 g/mol. The summed E-state index contributed by atoms with van der Waals surface area (Å²) in [5, 5.41) is 6.62. The molecule has 2 aromatic heterocycles. The van der Waals surface area contributed by atoms with Gasteiger partial charge in [-0.25, -0.2) is 9.07 Å². The largest absolute Gasteiger partial charge is 0.486 e. The van der Waals surface area contributed by atoms with Crippen molar-refractivity contribution in [1.82, 2.24) is 19.7 Å². The highest BCUT2D eigenvalue weighted by atomic mass is 35.5. The number of hydrogen-bond acceptors (Lipinski definition) is 7. The van der Waals surface area contributed by atoms with Gasteiger partial charge in [0.1, 0.15) is 17.7 Å². The van der Waals surface area contributed by atoms with Crippen LogP contribution in [0.2, 0.25) is 10.0 Å². The molecule has 0 spiro atoms. The fourth-order valence-corrected chi connectivity index (χ4v) is 6.30. The molecule has 0 aliphatic carbocycles. The number of fused-ring (bicyclic) bond motifs is 1. The monoisotopic (exact) mass is 625 g/mol. The molecule has 2 aromatic carbocycles. The number of benzene rings is 2. The number of rotatable bonds is 8. The Hall–Kier alpha value is -3.21. The fraction of sp³-hybridized carbons (Fsp3) is 0.375. The van der Waals surface area contributed by atoms with E-state index in [4.69, 9.17) is 48.2 Å². The summed E-state index contributed by atoms with van der Waals surface area (Å²) in [4.78, 5) is 6.25. The van der Waals surface area contributed by atoms with Crippen LogP contribution in [0, 0.1) is 5.82 Å². The van der Waals surface area contributed by atoms with Crippen LogP contribution in [-0.2, 0) is 16.0 Å². The molecule has 11 heteroatoms. The number of hydrogen-bond donors (Lipinski definition) is 1. The van der Waals surface area contributed by atoms with Crippen molar-refractivity contribution in [2.45, 2.75) is 45.1 Å². The van der Waals surface area contributed by atoms with Gasteiger partial charge < -0.3 is 19.9 Å². The van der Waals surface area contributed by atoms with E-state index in [1.807, 2.05) is 35.9 Å². The molecule has 226 valence electrons. The fourth-order valence-electron chi connectivity index (χ4n) is 5.63. The molecule has 2 N–H and O–H groups in total. The molecule has 8 nitrogen and oxygen atoms in total. The van der Waals surface area contributed by atoms with Crippen molar-refractivity contribution in [3.63, 3.8) is 0 Å². The van der Waals surface area contributed by atoms with Crippen LogP contribution in [0.5, 0.6) is 5.75 Å². The van der Waals surface area contributed by atoms with Gasteiger partial charge in [-0.05, 0) is 74.2 Å². The highest BCUT2D eigenvalue weighted by Crippen LogP contribution is 2.35. The van der Waals surface area contributed by atoms with E-state index in [1.54, 1.807) is 24.5 Å². The summed E-state index contributed by atoms with van der Waals surface area (Å²) in [5.74, 6) is 0.280. The van der Waals surface area contributed by atoms with Gasteiger partial charge in [0.25, 0.3) is 0 Å². The molecule has 2 aliphatic rings. The molecule has 2 atom stereocenters. The Morgan fingerprint density at radius 3 is 2.63 bits per heavy atom. The zero-order valence-corrected chi connectivity index (χ0v) is 25.5. The van der Waals surface area contributed by atoms with Crippen LogP contribution < -0.4 is 10.5 Å². The van der Waals surface area contributed by atoms with Crippen LogP contribution in [0.25, 0.3) is 23.1 Å². The van der Waals surface area contributed by atoms with Crippen LogP contribution in [0.3, 0.4) is 0 Å². The molecule has 2 unspecified atom stereocenters. The molecule has 2 aliphatic heterocycles. The van der Waals surface area contributed by atoms with Crippen molar-refractivity contribution in [3.8, 4) is 5.75 Å². The number of pyridine rings is 1. The van der Waals surface area contributed by atoms with Crippen molar-refractivity contribution in [1.29, 1.82) is 0 Å². The van der Waals surface area contributed by atoms with Crippen molar-refractivity contribution >= 4 is 51.9 Å². The number of morpholine rings is 1. The molecule has 6 rings (SSSR count). The molecule has 0 radical (unpaired) electrons. The predicted molar refractivity (Wildman–Crippen MR) is 168 cm³/mol. The van der Waals surface area contributed by atoms with Gasteiger partial charge >= 0.3 is 0 Å². The Morgan fingerprint density at radius 2 is 1.88 bits per heavy atom. The van der Waals surface area contributed by atoms with E-state index in [0.29, 0.717) is 64.7 Å². The van der Waals surface area contributed by atoms with Crippen LogP contribution in [0.1, 0.15) is 60.9 Å². The summed E-state index contributed by atoms with van der Waals surface area (Å²) in [6.45, 7) is 6.10. The first-order chi connectivity index (χ1) is 20.9. The summed E-state index contributed by atoms with van der Waals surface area (Å²) >= 11 is 12.7. The Kier molecular flexibility index (Phi) is 9.16. The predicted octanol–water partition coefficient (Wildman–Crippen LogP) is 7.30. The average molecular weight is 627 g/mol. The zero-order chi connectivity index (χ0) is 29.9. The SMILES string of the molecule is CC(Oc1ccc2c(c1)c(/C=C/c1cc(N)c(CN3CCOCC3)cc1F)nn2C1CCCCO1)c1c(Cl)cncc1Cl. The van der Waals surface area contributed by atoms with E-state index >= 15 is 4.39 Å². The smallest absolute Gasteiger partial charge is 0.150 e. The molecule has 2 fully saturated rings. The van der Waals surface area contributed by atoms with Crippen molar-refractivity contribution in [3.05, 3.63) is 81.0 Å². The second-order valence-corrected chi connectivity index (χ2v) is 11.7. The van der Waals surface area contributed by atoms with Gasteiger partial charge in [-0.2, -0.15) is 5.10 Å². The third-order valence-electron chi connectivity index (χ3n) is 7.92. The molecule has 0 bridgehead atoms. The minimum Gasteiger partial charge on any atom is -0.486 e. The van der Waals surface area contributed by atoms with Crippen molar-refractivity contribution < 1.29 is 18.6 Å². The molecule has 0 amide bonds. The molecule has 43 heavy (non-hydrogen) atoms. The lowest BCUT2D eigenvalue weighted by Crippen LogP contribution is -2.35. The van der Waals surface area contributed by atoms with Crippen LogP contribution >= 0.6 is 23.2 Å². The van der Waals surface area contributed by atoms with E-state index in [1.165, 1.54) is 6.07 Å². The molecular formula is C32H34Cl2FN5O3. The summed E-state index contributed by atoms with van der Waals surface area (Å²) in [5.41, 5.74) is 10.3. The number of ether oxygens (including phenoxy) is 3. The number of aromatic nitrogens is 3. The minimum absolute atomic E-state index is 0.176. The van der Waals surface area contributed by atoms with E-state index in [2.05, 4.69) is 9.88 Å². The number of nitrogen functional groups attached to an aromatic ring is 1. The Bertz CT molecular complexity index is 1610. The Morgan fingerprint density at radius 1 is 1.09 bits per heavy atom. The lowest BCUT2D eigenvalue weighted by molar-refractivity contribution is -0.0367. The van der Waals surface area contributed by atoms with Gasteiger partial charge in [0.2, 0.25) is 0 Å². The van der Waals surface area contributed by atoms with Crippen molar-refractivity contribution in [2.24, 2.45) is 0 Å².